The Morgan fingerprint density at radius 1 is 1.28 bits per heavy atom. The minimum absolute atomic E-state index is 0.0890. The number of para-hydroxylation sites is 2. The Kier molecular flexibility index (Phi) is 3.89. The van der Waals surface area contributed by atoms with Gasteiger partial charge in [0.25, 0.3) is 5.56 Å². The molecule has 2 aromatic heterocycles. The number of thiazole rings is 1. The molecule has 124 valence electrons. The van der Waals surface area contributed by atoms with Gasteiger partial charge in [-0.25, -0.2) is 9.38 Å². The molecule has 25 heavy (non-hydrogen) atoms. The molecule has 5 nitrogen and oxygen atoms in total. The van der Waals surface area contributed by atoms with Crippen LogP contribution in [0.3, 0.4) is 0 Å². The first-order valence-electron chi connectivity index (χ1n) is 7.42. The number of benzene rings is 2. The van der Waals surface area contributed by atoms with Gasteiger partial charge in [0.2, 0.25) is 0 Å². The highest BCUT2D eigenvalue weighted by Gasteiger charge is 2.11. The zero-order valence-corrected chi connectivity index (χ0v) is 15.4. The van der Waals surface area contributed by atoms with Crippen LogP contribution in [0.5, 0.6) is 5.75 Å². The van der Waals surface area contributed by atoms with Gasteiger partial charge in [-0.15, -0.1) is 0 Å². The van der Waals surface area contributed by atoms with Gasteiger partial charge in [0.1, 0.15) is 5.75 Å². The summed E-state index contributed by atoms with van der Waals surface area (Å²) >= 11 is 4.73. The molecule has 0 aliphatic heterocycles. The molecule has 2 heterocycles. The van der Waals surface area contributed by atoms with Crippen molar-refractivity contribution < 1.29 is 9.53 Å². The van der Waals surface area contributed by atoms with Crippen LogP contribution in [0.25, 0.3) is 22.1 Å². The summed E-state index contributed by atoms with van der Waals surface area (Å²) in [5.74, 6) is 0.0598. The molecule has 0 fully saturated rings. The number of fused-ring (bicyclic) bond motifs is 3. The Hall–Kier alpha value is -2.51. The monoisotopic (exact) mass is 414 g/mol. The predicted molar refractivity (Wildman–Crippen MR) is 101 cm³/mol. The average Bonchev–Trinajstić information content (AvgIpc) is 3.07. The topological polar surface area (TPSA) is 60.7 Å². The Balaban J connectivity index is 1.84. The third-order valence-electron chi connectivity index (χ3n) is 3.65. The van der Waals surface area contributed by atoms with Gasteiger partial charge in [-0.2, -0.15) is 0 Å². The highest BCUT2D eigenvalue weighted by atomic mass is 79.9. The molecular weight excluding hydrogens is 404 g/mol. The number of hydrogen-bond acceptors (Lipinski definition) is 5. The fourth-order valence-electron chi connectivity index (χ4n) is 2.61. The van der Waals surface area contributed by atoms with Crippen molar-refractivity contribution in [2.75, 3.05) is 0 Å². The second-order valence-corrected chi connectivity index (χ2v) is 7.28. The van der Waals surface area contributed by atoms with Gasteiger partial charge < -0.3 is 4.74 Å². The van der Waals surface area contributed by atoms with E-state index in [-0.39, 0.29) is 11.5 Å². The summed E-state index contributed by atoms with van der Waals surface area (Å²) in [4.78, 5) is 29.0. The van der Waals surface area contributed by atoms with Crippen LogP contribution in [0.4, 0.5) is 0 Å². The first-order valence-corrected chi connectivity index (χ1v) is 9.03. The lowest BCUT2D eigenvalue weighted by Crippen LogP contribution is -2.22. The zero-order chi connectivity index (χ0) is 17.6. The lowest BCUT2D eigenvalue weighted by Gasteiger charge is -2.04. The molecule has 7 heteroatoms. The lowest BCUT2D eigenvalue weighted by atomic mass is 10.2. The minimum Gasteiger partial charge on any atom is -0.426 e. The van der Waals surface area contributed by atoms with Crippen LogP contribution in [0.1, 0.15) is 12.5 Å². The fraction of sp³-hybridized carbons (Fsp3) is 0.0556. The van der Waals surface area contributed by atoms with Crippen molar-refractivity contribution in [1.29, 1.82) is 0 Å². The van der Waals surface area contributed by atoms with E-state index in [0.717, 1.165) is 16.6 Å². The molecule has 0 atom stereocenters. The Labute approximate surface area is 154 Å². The summed E-state index contributed by atoms with van der Waals surface area (Å²) < 4.78 is 7.96. The van der Waals surface area contributed by atoms with E-state index in [1.807, 2.05) is 24.3 Å². The van der Waals surface area contributed by atoms with E-state index in [1.54, 1.807) is 28.7 Å². The van der Waals surface area contributed by atoms with Gasteiger partial charge in [0.15, 0.2) is 4.96 Å². The normalized spacial score (nSPS) is 12.2. The molecule has 4 aromatic rings. The van der Waals surface area contributed by atoms with Gasteiger partial charge in [0.05, 0.1) is 20.0 Å². The molecule has 0 spiro atoms. The third kappa shape index (κ3) is 2.85. The molecule has 4 rings (SSSR count). The number of nitrogens with zero attached hydrogens (tertiary/aromatic N) is 2. The van der Waals surface area contributed by atoms with Crippen LogP contribution >= 0.6 is 27.3 Å². The summed E-state index contributed by atoms with van der Waals surface area (Å²) in [7, 11) is 0. The van der Waals surface area contributed by atoms with Crippen LogP contribution in [0.15, 0.2) is 51.7 Å². The first kappa shape index (κ1) is 16.0. The van der Waals surface area contributed by atoms with Gasteiger partial charge in [-0.3, -0.25) is 9.59 Å². The number of aromatic nitrogens is 2. The zero-order valence-electron chi connectivity index (χ0n) is 13.0. The Morgan fingerprint density at radius 2 is 2.08 bits per heavy atom. The highest BCUT2D eigenvalue weighted by molar-refractivity contribution is 9.10. The molecule has 0 N–H and O–H groups in total. The van der Waals surface area contributed by atoms with E-state index in [2.05, 4.69) is 20.9 Å². The van der Waals surface area contributed by atoms with Crippen LogP contribution in [-0.4, -0.2) is 15.4 Å². The molecule has 0 aliphatic rings. The van der Waals surface area contributed by atoms with Crippen LogP contribution in [-0.2, 0) is 4.79 Å². The molecule has 0 saturated carbocycles. The SMILES string of the molecule is CC(=O)Oc1ccc(/C=c2/sc3nc4ccccc4n3c2=O)cc1Br. The summed E-state index contributed by atoms with van der Waals surface area (Å²) in [5.41, 5.74) is 2.36. The minimum atomic E-state index is -0.384. The van der Waals surface area contributed by atoms with E-state index in [9.17, 15) is 9.59 Å². The van der Waals surface area contributed by atoms with Crippen LogP contribution in [0.2, 0.25) is 0 Å². The summed E-state index contributed by atoms with van der Waals surface area (Å²) in [6, 6.07) is 12.9. The van der Waals surface area contributed by atoms with E-state index in [0.29, 0.717) is 19.7 Å². The second kappa shape index (κ2) is 6.09. The smallest absolute Gasteiger partial charge is 0.308 e. The Bertz CT molecular complexity index is 1240. The van der Waals surface area contributed by atoms with Gasteiger partial charge in [-0.05, 0) is 51.8 Å². The average molecular weight is 415 g/mol. The van der Waals surface area contributed by atoms with Crippen molar-refractivity contribution in [2.45, 2.75) is 6.92 Å². The van der Waals surface area contributed by atoms with Crippen molar-refractivity contribution in [3.05, 3.63) is 67.4 Å². The van der Waals surface area contributed by atoms with Crippen LogP contribution < -0.4 is 14.8 Å². The standard InChI is InChI=1S/C18H11BrN2O3S/c1-10(22)24-15-7-6-11(8-12(15)19)9-16-17(23)21-14-5-3-2-4-13(14)20-18(21)25-16/h2-9H,1H3/b16-9+. The maximum absolute atomic E-state index is 12.7. The number of rotatable bonds is 2. The van der Waals surface area contributed by atoms with E-state index in [1.165, 1.54) is 18.3 Å². The van der Waals surface area contributed by atoms with Crippen LogP contribution in [0, 0.1) is 0 Å². The molecular formula is C18H11BrN2O3S. The molecule has 0 saturated heterocycles. The lowest BCUT2D eigenvalue weighted by molar-refractivity contribution is -0.131. The van der Waals surface area contributed by atoms with Crippen molar-refractivity contribution in [3.63, 3.8) is 0 Å². The first-order chi connectivity index (χ1) is 12.0. The maximum atomic E-state index is 12.7. The van der Waals surface area contributed by atoms with Crippen molar-refractivity contribution in [1.82, 2.24) is 9.38 Å². The number of esters is 1. The fourth-order valence-corrected chi connectivity index (χ4v) is 4.07. The van der Waals surface area contributed by atoms with Crippen molar-refractivity contribution >= 4 is 55.3 Å². The van der Waals surface area contributed by atoms with Crippen molar-refractivity contribution in [3.8, 4) is 5.75 Å². The van der Waals surface area contributed by atoms with Gasteiger partial charge >= 0.3 is 5.97 Å². The van der Waals surface area contributed by atoms with Gasteiger partial charge in [-0.1, -0.05) is 29.5 Å². The number of halogens is 1. The summed E-state index contributed by atoms with van der Waals surface area (Å²) in [6.07, 6.45) is 1.80. The number of carbonyl (C=O) groups is 1. The van der Waals surface area contributed by atoms with E-state index >= 15 is 0 Å². The molecule has 0 aliphatic carbocycles. The molecule has 0 bridgehead atoms. The second-order valence-electron chi connectivity index (χ2n) is 5.42. The molecule has 2 aromatic carbocycles. The quantitative estimate of drug-likeness (QED) is 0.373. The maximum Gasteiger partial charge on any atom is 0.308 e. The largest absolute Gasteiger partial charge is 0.426 e. The molecule has 0 unspecified atom stereocenters. The number of carbonyl (C=O) groups excluding carboxylic acids is 1. The molecule has 0 radical (unpaired) electrons. The Morgan fingerprint density at radius 3 is 2.84 bits per heavy atom. The van der Waals surface area contributed by atoms with Crippen molar-refractivity contribution in [2.24, 2.45) is 0 Å². The third-order valence-corrected chi connectivity index (χ3v) is 5.24. The summed E-state index contributed by atoms with van der Waals surface area (Å²) in [6.45, 7) is 1.35. The van der Waals surface area contributed by atoms with Gasteiger partial charge in [0, 0.05) is 6.92 Å². The predicted octanol–water partition coefficient (Wildman–Crippen LogP) is 3.14. The summed E-state index contributed by atoms with van der Waals surface area (Å²) in [5, 5.41) is 0. The van der Waals surface area contributed by atoms with E-state index in [4.69, 9.17) is 4.74 Å². The number of ether oxygens (including phenoxy) is 1. The number of imidazole rings is 1. The number of hydrogen-bond donors (Lipinski definition) is 0. The highest BCUT2D eigenvalue weighted by Crippen LogP contribution is 2.26. The van der Waals surface area contributed by atoms with E-state index < -0.39 is 0 Å². The molecule has 0 amide bonds.